The van der Waals surface area contributed by atoms with Crippen LogP contribution in [0.1, 0.15) is 28.4 Å². The fourth-order valence-corrected chi connectivity index (χ4v) is 3.59. The molecule has 3 rings (SSSR count). The van der Waals surface area contributed by atoms with E-state index < -0.39 is 5.95 Å². The van der Waals surface area contributed by atoms with E-state index in [1.165, 1.54) is 12.3 Å². The average Bonchev–Trinajstić information content (AvgIpc) is 2.48. The van der Waals surface area contributed by atoms with Crippen molar-refractivity contribution >= 4 is 29.3 Å². The summed E-state index contributed by atoms with van der Waals surface area (Å²) in [6.07, 6.45) is 2.10. The molecule has 3 nitrogen and oxygen atoms in total. The van der Waals surface area contributed by atoms with Crippen LogP contribution in [-0.2, 0) is 0 Å². The highest BCUT2D eigenvalue weighted by molar-refractivity contribution is 7.99. The molecule has 0 saturated heterocycles. The first kappa shape index (κ1) is 14.4. The van der Waals surface area contributed by atoms with Crippen LogP contribution in [-0.4, -0.2) is 16.6 Å². The van der Waals surface area contributed by atoms with Crippen molar-refractivity contribution in [1.82, 2.24) is 10.3 Å². The number of nitrogens with zero attached hydrogens (tertiary/aromatic N) is 1. The smallest absolute Gasteiger partial charge is 0.251 e. The van der Waals surface area contributed by atoms with Crippen LogP contribution in [0.5, 0.6) is 0 Å². The Morgan fingerprint density at radius 2 is 2.24 bits per heavy atom. The highest BCUT2D eigenvalue weighted by Gasteiger charge is 2.23. The van der Waals surface area contributed by atoms with Gasteiger partial charge in [-0.25, -0.2) is 4.98 Å². The fourth-order valence-electron chi connectivity index (χ4n) is 2.30. The van der Waals surface area contributed by atoms with Crippen molar-refractivity contribution in [3.63, 3.8) is 0 Å². The zero-order valence-corrected chi connectivity index (χ0v) is 12.5. The minimum absolute atomic E-state index is 0.108. The Morgan fingerprint density at radius 1 is 1.38 bits per heavy atom. The van der Waals surface area contributed by atoms with Crippen molar-refractivity contribution in [2.45, 2.75) is 17.4 Å². The highest BCUT2D eigenvalue weighted by atomic mass is 35.5. The zero-order valence-electron chi connectivity index (χ0n) is 11.0. The molecule has 1 amide bonds. The lowest BCUT2D eigenvalue weighted by atomic mass is 10.0. The third-order valence-electron chi connectivity index (χ3n) is 3.31. The van der Waals surface area contributed by atoms with Gasteiger partial charge in [-0.1, -0.05) is 11.6 Å². The van der Waals surface area contributed by atoms with Gasteiger partial charge in [-0.05, 0) is 36.2 Å². The van der Waals surface area contributed by atoms with Crippen LogP contribution in [0, 0.1) is 5.95 Å². The third kappa shape index (κ3) is 3.19. The molecule has 1 N–H and O–H groups in total. The Bertz CT molecular complexity index is 695. The average molecular weight is 323 g/mol. The molecule has 21 heavy (non-hydrogen) atoms. The molecular weight excluding hydrogens is 311 g/mol. The summed E-state index contributed by atoms with van der Waals surface area (Å²) in [5.41, 5.74) is 1.28. The van der Waals surface area contributed by atoms with Crippen LogP contribution in [0.4, 0.5) is 4.39 Å². The Morgan fingerprint density at radius 3 is 3.05 bits per heavy atom. The standard InChI is InChI=1S/C15H12ClFN2OS/c16-10-1-2-13-11(8-10)12(4-6-21-13)19-15(20)9-3-5-18-14(17)7-9/h1-3,5,7-8,12H,4,6H2,(H,19,20). The summed E-state index contributed by atoms with van der Waals surface area (Å²) in [4.78, 5) is 16.8. The van der Waals surface area contributed by atoms with E-state index in [2.05, 4.69) is 10.3 Å². The number of aromatic nitrogens is 1. The number of carbonyl (C=O) groups is 1. The molecule has 0 bridgehead atoms. The Kier molecular flexibility index (Phi) is 4.12. The van der Waals surface area contributed by atoms with E-state index in [0.29, 0.717) is 5.02 Å². The summed E-state index contributed by atoms with van der Waals surface area (Å²) >= 11 is 7.78. The number of thioether (sulfide) groups is 1. The number of halogens is 2. The van der Waals surface area contributed by atoms with Gasteiger partial charge in [0.1, 0.15) is 0 Å². The second-order valence-corrected chi connectivity index (χ2v) is 6.29. The third-order valence-corrected chi connectivity index (χ3v) is 4.66. The molecule has 1 atom stereocenters. The van der Waals surface area contributed by atoms with Crippen LogP contribution < -0.4 is 5.32 Å². The van der Waals surface area contributed by atoms with E-state index in [0.717, 1.165) is 28.7 Å². The van der Waals surface area contributed by atoms with Gasteiger partial charge in [-0.2, -0.15) is 4.39 Å². The number of amides is 1. The summed E-state index contributed by atoms with van der Waals surface area (Å²) in [7, 11) is 0. The second kappa shape index (κ2) is 6.03. The normalized spacial score (nSPS) is 17.1. The zero-order chi connectivity index (χ0) is 14.8. The van der Waals surface area contributed by atoms with Crippen LogP contribution in [0.2, 0.25) is 5.02 Å². The van der Waals surface area contributed by atoms with Gasteiger partial charge in [0.05, 0.1) is 6.04 Å². The molecule has 108 valence electrons. The predicted octanol–water partition coefficient (Wildman–Crippen LogP) is 3.84. The Balaban J connectivity index is 1.83. The largest absolute Gasteiger partial charge is 0.345 e. The monoisotopic (exact) mass is 322 g/mol. The molecule has 6 heteroatoms. The summed E-state index contributed by atoms with van der Waals surface area (Å²) < 4.78 is 13.1. The number of carbonyl (C=O) groups excluding carboxylic acids is 1. The van der Waals surface area contributed by atoms with Crippen molar-refractivity contribution in [1.29, 1.82) is 0 Å². The molecule has 0 fully saturated rings. The van der Waals surface area contributed by atoms with Gasteiger partial charge in [0, 0.05) is 33.5 Å². The highest BCUT2D eigenvalue weighted by Crippen LogP contribution is 2.37. The molecule has 0 spiro atoms. The summed E-state index contributed by atoms with van der Waals surface area (Å²) in [5, 5.41) is 3.58. The molecule has 1 aliphatic rings. The number of benzene rings is 1. The minimum atomic E-state index is -0.662. The minimum Gasteiger partial charge on any atom is -0.345 e. The molecule has 2 heterocycles. The number of hydrogen-bond acceptors (Lipinski definition) is 3. The van der Waals surface area contributed by atoms with Gasteiger partial charge >= 0.3 is 0 Å². The van der Waals surface area contributed by atoms with Gasteiger partial charge in [0.2, 0.25) is 5.95 Å². The van der Waals surface area contributed by atoms with Crippen molar-refractivity contribution in [2.24, 2.45) is 0 Å². The van der Waals surface area contributed by atoms with Crippen LogP contribution in [0.25, 0.3) is 0 Å². The van der Waals surface area contributed by atoms with Gasteiger partial charge in [-0.15, -0.1) is 11.8 Å². The predicted molar refractivity (Wildman–Crippen MR) is 81.2 cm³/mol. The maximum atomic E-state index is 13.1. The molecule has 1 aromatic carbocycles. The summed E-state index contributed by atoms with van der Waals surface area (Å²) in [6.45, 7) is 0. The van der Waals surface area contributed by atoms with Crippen LogP contribution in [0.3, 0.4) is 0 Å². The van der Waals surface area contributed by atoms with E-state index in [4.69, 9.17) is 11.6 Å². The van der Waals surface area contributed by atoms with Crippen LogP contribution >= 0.6 is 23.4 Å². The second-order valence-electron chi connectivity index (χ2n) is 4.71. The number of fused-ring (bicyclic) bond motifs is 1. The van der Waals surface area contributed by atoms with Gasteiger partial charge < -0.3 is 5.32 Å². The molecule has 0 radical (unpaired) electrons. The Labute approximate surface area is 130 Å². The van der Waals surface area contributed by atoms with E-state index in [9.17, 15) is 9.18 Å². The molecule has 0 aliphatic carbocycles. The number of pyridine rings is 1. The summed E-state index contributed by atoms with van der Waals surface area (Å²) in [5.74, 6) is -0.0472. The SMILES string of the molecule is O=C(NC1CCSc2ccc(Cl)cc21)c1ccnc(F)c1. The first-order valence-electron chi connectivity index (χ1n) is 6.48. The van der Waals surface area contributed by atoms with Crippen molar-refractivity contribution < 1.29 is 9.18 Å². The lowest BCUT2D eigenvalue weighted by Crippen LogP contribution is -2.30. The topological polar surface area (TPSA) is 42.0 Å². The maximum Gasteiger partial charge on any atom is 0.251 e. The number of rotatable bonds is 2. The molecular formula is C15H12ClFN2OS. The molecule has 2 aromatic rings. The first-order chi connectivity index (χ1) is 10.1. The van der Waals surface area contributed by atoms with Gasteiger partial charge in [-0.3, -0.25) is 4.79 Å². The van der Waals surface area contributed by atoms with E-state index in [1.54, 1.807) is 11.8 Å². The Hall–Kier alpha value is -1.59. The van der Waals surface area contributed by atoms with E-state index in [1.807, 2.05) is 18.2 Å². The quantitative estimate of drug-likeness (QED) is 0.854. The van der Waals surface area contributed by atoms with Crippen molar-refractivity contribution in [3.8, 4) is 0 Å². The van der Waals surface area contributed by atoms with E-state index in [-0.39, 0.29) is 17.5 Å². The molecule has 1 unspecified atom stereocenters. The van der Waals surface area contributed by atoms with Crippen molar-refractivity contribution in [3.05, 3.63) is 58.6 Å². The van der Waals surface area contributed by atoms with Gasteiger partial charge in [0.15, 0.2) is 0 Å². The molecule has 0 saturated carbocycles. The summed E-state index contributed by atoms with van der Waals surface area (Å²) in [6, 6.07) is 8.20. The lowest BCUT2D eigenvalue weighted by Gasteiger charge is -2.26. The van der Waals surface area contributed by atoms with Gasteiger partial charge in [0.25, 0.3) is 5.91 Å². The molecule has 1 aliphatic heterocycles. The number of hydrogen-bond donors (Lipinski definition) is 1. The van der Waals surface area contributed by atoms with Crippen molar-refractivity contribution in [2.75, 3.05) is 5.75 Å². The van der Waals surface area contributed by atoms with E-state index >= 15 is 0 Å². The molecule has 1 aromatic heterocycles. The number of nitrogens with one attached hydrogen (secondary N) is 1. The fraction of sp³-hybridized carbons (Fsp3) is 0.200. The first-order valence-corrected chi connectivity index (χ1v) is 7.84. The van der Waals surface area contributed by atoms with Crippen LogP contribution in [0.15, 0.2) is 41.4 Å². The maximum absolute atomic E-state index is 13.1. The lowest BCUT2D eigenvalue weighted by molar-refractivity contribution is 0.0934.